The second-order valence-electron chi connectivity index (χ2n) is 3.72. The Morgan fingerprint density at radius 2 is 2.13 bits per heavy atom. The molecule has 0 heterocycles. The van der Waals surface area contributed by atoms with E-state index in [9.17, 15) is 0 Å². The van der Waals surface area contributed by atoms with Crippen molar-refractivity contribution in [3.63, 3.8) is 0 Å². The zero-order chi connectivity index (χ0) is 11.4. The normalized spacial score (nSPS) is 12.6. The highest BCUT2D eigenvalue weighted by molar-refractivity contribution is 6.31. The third-order valence-corrected chi connectivity index (χ3v) is 2.67. The van der Waals surface area contributed by atoms with Crippen LogP contribution < -0.4 is 10.6 Å². The summed E-state index contributed by atoms with van der Waals surface area (Å²) in [5.41, 5.74) is 7.80. The van der Waals surface area contributed by atoms with Crippen molar-refractivity contribution in [2.45, 2.75) is 12.5 Å². The van der Waals surface area contributed by atoms with Crippen molar-refractivity contribution >= 4 is 17.3 Å². The number of aliphatic hydroxyl groups excluding tert-OH is 1. The monoisotopic (exact) mass is 228 g/mol. The largest absolute Gasteiger partial charge is 0.396 e. The van der Waals surface area contributed by atoms with Gasteiger partial charge in [-0.1, -0.05) is 17.7 Å². The van der Waals surface area contributed by atoms with Crippen molar-refractivity contribution in [3.8, 4) is 0 Å². The van der Waals surface area contributed by atoms with Gasteiger partial charge in [0.15, 0.2) is 0 Å². The van der Waals surface area contributed by atoms with Gasteiger partial charge in [-0.2, -0.15) is 0 Å². The minimum absolute atomic E-state index is 0.0763. The summed E-state index contributed by atoms with van der Waals surface area (Å²) < 4.78 is 0. The summed E-state index contributed by atoms with van der Waals surface area (Å²) >= 11 is 6.12. The third-order valence-electron chi connectivity index (χ3n) is 2.34. The molecule has 1 aromatic carbocycles. The first-order chi connectivity index (χ1) is 7.06. The van der Waals surface area contributed by atoms with Gasteiger partial charge in [0.25, 0.3) is 0 Å². The van der Waals surface area contributed by atoms with Crippen molar-refractivity contribution in [1.29, 1.82) is 0 Å². The summed E-state index contributed by atoms with van der Waals surface area (Å²) in [7, 11) is 3.91. The van der Waals surface area contributed by atoms with E-state index in [2.05, 4.69) is 0 Å². The van der Waals surface area contributed by atoms with Crippen molar-refractivity contribution < 1.29 is 5.11 Å². The molecule has 1 aromatic rings. The molecule has 0 radical (unpaired) electrons. The fourth-order valence-electron chi connectivity index (χ4n) is 1.39. The standard InChI is InChI=1S/C11H17ClN2O/c1-14(2)8-3-4-9(10(12)7-8)11(13)5-6-15/h3-4,7,11,15H,5-6,13H2,1-2H3/t11-/m1/s1. The van der Waals surface area contributed by atoms with E-state index >= 15 is 0 Å². The summed E-state index contributed by atoms with van der Waals surface area (Å²) in [5.74, 6) is 0. The first-order valence-corrected chi connectivity index (χ1v) is 5.27. The Hall–Kier alpha value is -0.770. The average Bonchev–Trinajstić information content (AvgIpc) is 2.17. The van der Waals surface area contributed by atoms with Gasteiger partial charge in [-0.15, -0.1) is 0 Å². The van der Waals surface area contributed by atoms with E-state index in [4.69, 9.17) is 22.4 Å². The zero-order valence-corrected chi connectivity index (χ0v) is 9.83. The van der Waals surface area contributed by atoms with Crippen LogP contribution >= 0.6 is 11.6 Å². The van der Waals surface area contributed by atoms with Crippen LogP contribution in [0.2, 0.25) is 5.02 Å². The maximum Gasteiger partial charge on any atom is 0.0474 e. The van der Waals surface area contributed by atoms with Gasteiger partial charge in [0.05, 0.1) is 0 Å². The molecule has 3 N–H and O–H groups in total. The highest BCUT2D eigenvalue weighted by Gasteiger charge is 2.10. The number of nitrogens with two attached hydrogens (primary N) is 1. The molecule has 4 heteroatoms. The lowest BCUT2D eigenvalue weighted by Gasteiger charge is -2.17. The van der Waals surface area contributed by atoms with Crippen LogP contribution in [-0.4, -0.2) is 25.8 Å². The maximum absolute atomic E-state index is 8.80. The van der Waals surface area contributed by atoms with Crippen LogP contribution in [0, 0.1) is 0 Å². The molecule has 0 unspecified atom stereocenters. The number of anilines is 1. The third kappa shape index (κ3) is 3.09. The Balaban J connectivity index is 2.92. The number of aliphatic hydroxyl groups is 1. The second-order valence-corrected chi connectivity index (χ2v) is 4.13. The van der Waals surface area contributed by atoms with E-state index in [1.807, 2.05) is 37.2 Å². The van der Waals surface area contributed by atoms with E-state index in [-0.39, 0.29) is 12.6 Å². The van der Waals surface area contributed by atoms with E-state index in [0.717, 1.165) is 11.3 Å². The summed E-state index contributed by atoms with van der Waals surface area (Å²) in [4.78, 5) is 1.98. The van der Waals surface area contributed by atoms with E-state index in [0.29, 0.717) is 11.4 Å². The van der Waals surface area contributed by atoms with Crippen LogP contribution in [0.25, 0.3) is 0 Å². The van der Waals surface area contributed by atoms with Crippen LogP contribution in [0.4, 0.5) is 5.69 Å². The highest BCUT2D eigenvalue weighted by Crippen LogP contribution is 2.27. The fraction of sp³-hybridized carbons (Fsp3) is 0.455. The van der Waals surface area contributed by atoms with Crippen LogP contribution in [0.15, 0.2) is 18.2 Å². The molecule has 1 rings (SSSR count). The second kappa shape index (κ2) is 5.35. The van der Waals surface area contributed by atoms with Gasteiger partial charge in [-0.25, -0.2) is 0 Å². The summed E-state index contributed by atoms with van der Waals surface area (Å²) in [6.45, 7) is 0.0763. The van der Waals surface area contributed by atoms with Gasteiger partial charge in [0, 0.05) is 37.5 Å². The van der Waals surface area contributed by atoms with E-state index in [1.54, 1.807) is 0 Å². The topological polar surface area (TPSA) is 49.5 Å². The lowest BCUT2D eigenvalue weighted by molar-refractivity contribution is 0.276. The summed E-state index contributed by atoms with van der Waals surface area (Å²) in [5, 5.41) is 9.46. The molecule has 0 spiro atoms. The lowest BCUT2D eigenvalue weighted by atomic mass is 10.0. The van der Waals surface area contributed by atoms with Crippen molar-refractivity contribution in [2.75, 3.05) is 25.6 Å². The van der Waals surface area contributed by atoms with Gasteiger partial charge in [-0.05, 0) is 24.1 Å². The van der Waals surface area contributed by atoms with Crippen molar-refractivity contribution in [1.82, 2.24) is 0 Å². The molecule has 1 atom stereocenters. The number of nitrogens with zero attached hydrogens (tertiary/aromatic N) is 1. The molecule has 0 amide bonds. The molecule has 0 fully saturated rings. The minimum atomic E-state index is -0.196. The molecule has 84 valence electrons. The smallest absolute Gasteiger partial charge is 0.0474 e. The van der Waals surface area contributed by atoms with E-state index in [1.165, 1.54) is 0 Å². The van der Waals surface area contributed by atoms with Crippen LogP contribution in [-0.2, 0) is 0 Å². The van der Waals surface area contributed by atoms with Gasteiger partial charge >= 0.3 is 0 Å². The number of hydrogen-bond donors (Lipinski definition) is 2. The molecular weight excluding hydrogens is 212 g/mol. The van der Waals surface area contributed by atoms with Crippen molar-refractivity contribution in [3.05, 3.63) is 28.8 Å². The van der Waals surface area contributed by atoms with Gasteiger partial charge in [0.2, 0.25) is 0 Å². The number of hydrogen-bond acceptors (Lipinski definition) is 3. The predicted molar refractivity (Wildman–Crippen MR) is 64.4 cm³/mol. The first-order valence-electron chi connectivity index (χ1n) is 4.89. The van der Waals surface area contributed by atoms with Gasteiger partial charge < -0.3 is 15.7 Å². The Labute approximate surface area is 95.5 Å². The Kier molecular flexibility index (Phi) is 4.39. The maximum atomic E-state index is 8.80. The lowest BCUT2D eigenvalue weighted by Crippen LogP contribution is -2.13. The molecule has 15 heavy (non-hydrogen) atoms. The molecule has 0 aromatic heterocycles. The minimum Gasteiger partial charge on any atom is -0.396 e. The quantitative estimate of drug-likeness (QED) is 0.826. The summed E-state index contributed by atoms with van der Waals surface area (Å²) in [6, 6.07) is 5.57. The molecule has 0 bridgehead atoms. The van der Waals surface area contributed by atoms with Crippen LogP contribution in [0.3, 0.4) is 0 Å². The molecule has 0 saturated carbocycles. The number of halogens is 1. The molecule has 0 aliphatic rings. The molecular formula is C11H17ClN2O. The number of benzene rings is 1. The molecule has 0 aliphatic heterocycles. The average molecular weight is 229 g/mol. The fourth-order valence-corrected chi connectivity index (χ4v) is 1.70. The molecule has 0 aliphatic carbocycles. The zero-order valence-electron chi connectivity index (χ0n) is 9.07. The number of rotatable bonds is 4. The Morgan fingerprint density at radius 3 is 2.60 bits per heavy atom. The Bertz CT molecular complexity index is 328. The van der Waals surface area contributed by atoms with Gasteiger partial charge in [0.1, 0.15) is 0 Å². The van der Waals surface area contributed by atoms with Crippen LogP contribution in [0.1, 0.15) is 18.0 Å². The first kappa shape index (κ1) is 12.3. The van der Waals surface area contributed by atoms with Gasteiger partial charge in [-0.3, -0.25) is 0 Å². The predicted octanol–water partition coefficient (Wildman–Crippen LogP) is 1.79. The van der Waals surface area contributed by atoms with E-state index < -0.39 is 0 Å². The highest BCUT2D eigenvalue weighted by atomic mass is 35.5. The van der Waals surface area contributed by atoms with Crippen LogP contribution in [0.5, 0.6) is 0 Å². The Morgan fingerprint density at radius 1 is 1.47 bits per heavy atom. The van der Waals surface area contributed by atoms with Crippen molar-refractivity contribution in [2.24, 2.45) is 5.73 Å². The summed E-state index contributed by atoms with van der Waals surface area (Å²) in [6.07, 6.45) is 0.529. The molecule has 0 saturated heterocycles. The SMILES string of the molecule is CN(C)c1ccc([C@H](N)CCO)c(Cl)c1. The molecule has 3 nitrogen and oxygen atoms in total.